The number of amides is 1. The van der Waals surface area contributed by atoms with Gasteiger partial charge in [-0.2, -0.15) is 0 Å². The Labute approximate surface area is 130 Å². The maximum absolute atomic E-state index is 11.3. The van der Waals surface area contributed by atoms with Crippen molar-refractivity contribution in [3.63, 3.8) is 0 Å². The van der Waals surface area contributed by atoms with Crippen LogP contribution in [0.25, 0.3) is 6.08 Å². The van der Waals surface area contributed by atoms with E-state index in [0.29, 0.717) is 17.2 Å². The molecule has 0 saturated carbocycles. The molecule has 6 heteroatoms. The number of rotatable bonds is 8. The van der Waals surface area contributed by atoms with Gasteiger partial charge in [-0.15, -0.1) is 0 Å². The van der Waals surface area contributed by atoms with E-state index in [1.807, 2.05) is 0 Å². The molecule has 6 nitrogen and oxygen atoms in total. The molecule has 0 atom stereocenters. The third-order valence-electron chi connectivity index (χ3n) is 2.75. The van der Waals surface area contributed by atoms with E-state index >= 15 is 0 Å². The van der Waals surface area contributed by atoms with Gasteiger partial charge in [-0.25, -0.2) is 0 Å². The molecule has 0 aliphatic heterocycles. The van der Waals surface area contributed by atoms with Gasteiger partial charge in [0.15, 0.2) is 11.5 Å². The molecular weight excluding hydrogens is 286 g/mol. The van der Waals surface area contributed by atoms with Crippen molar-refractivity contribution in [3.8, 4) is 17.2 Å². The number of allylic oxidation sites excluding steroid dienone is 2. The number of ether oxygens (including phenoxy) is 3. The van der Waals surface area contributed by atoms with Gasteiger partial charge in [0, 0.05) is 12.6 Å². The Hall–Kier alpha value is -2.47. The minimum atomic E-state index is -0.261. The van der Waals surface area contributed by atoms with Gasteiger partial charge in [0.2, 0.25) is 11.7 Å². The molecule has 0 radical (unpaired) electrons. The summed E-state index contributed by atoms with van der Waals surface area (Å²) in [5, 5.41) is 11.1. The van der Waals surface area contributed by atoms with Crippen molar-refractivity contribution in [3.05, 3.63) is 35.9 Å². The first-order valence-electron chi connectivity index (χ1n) is 6.69. The van der Waals surface area contributed by atoms with Gasteiger partial charge < -0.3 is 24.6 Å². The summed E-state index contributed by atoms with van der Waals surface area (Å²) in [6.45, 7) is 0.153. The van der Waals surface area contributed by atoms with Crippen LogP contribution in [0.4, 0.5) is 0 Å². The van der Waals surface area contributed by atoms with Crippen LogP contribution in [-0.4, -0.2) is 45.5 Å². The number of methoxy groups -OCH3 is 3. The van der Waals surface area contributed by atoms with Crippen molar-refractivity contribution >= 4 is 12.0 Å². The van der Waals surface area contributed by atoms with Crippen molar-refractivity contribution in [2.75, 3.05) is 34.5 Å². The lowest BCUT2D eigenvalue weighted by Gasteiger charge is -2.12. The first-order valence-corrected chi connectivity index (χ1v) is 6.69. The average Bonchev–Trinajstić information content (AvgIpc) is 2.55. The highest BCUT2D eigenvalue weighted by molar-refractivity contribution is 5.87. The molecule has 0 bridgehead atoms. The summed E-state index contributed by atoms with van der Waals surface area (Å²) < 4.78 is 15.8. The zero-order chi connectivity index (χ0) is 16.4. The van der Waals surface area contributed by atoms with Crippen molar-refractivity contribution < 1.29 is 24.1 Å². The number of aliphatic hydroxyl groups is 1. The fourth-order valence-corrected chi connectivity index (χ4v) is 1.75. The molecule has 0 spiro atoms. The van der Waals surface area contributed by atoms with Gasteiger partial charge in [-0.3, -0.25) is 4.79 Å². The minimum Gasteiger partial charge on any atom is -0.493 e. The Kier molecular flexibility index (Phi) is 7.56. The van der Waals surface area contributed by atoms with Gasteiger partial charge in [-0.05, 0) is 17.7 Å². The maximum atomic E-state index is 11.3. The number of hydrogen-bond acceptors (Lipinski definition) is 5. The van der Waals surface area contributed by atoms with Crippen molar-refractivity contribution in [2.45, 2.75) is 0 Å². The predicted octanol–water partition coefficient (Wildman–Crippen LogP) is 1.39. The topological polar surface area (TPSA) is 77.0 Å². The molecule has 1 aromatic rings. The number of carbonyl (C=O) groups is 1. The third-order valence-corrected chi connectivity index (χ3v) is 2.75. The molecule has 0 unspecified atom stereocenters. The Morgan fingerprint density at radius 3 is 2.27 bits per heavy atom. The molecule has 0 aromatic heterocycles. The van der Waals surface area contributed by atoms with Crippen LogP contribution in [0.1, 0.15) is 5.56 Å². The normalized spacial score (nSPS) is 10.9. The standard InChI is InChI=1S/C16H21NO5/c1-20-13-10-12(11-14(21-2)16(13)22-3)6-4-5-7-15(19)17-8-9-18/h4-7,10-11,18H,8-9H2,1-3H3,(H,17,19)/b6-4+,7-5+. The zero-order valence-electron chi connectivity index (χ0n) is 13.0. The highest BCUT2D eigenvalue weighted by atomic mass is 16.5. The molecule has 0 aliphatic carbocycles. The number of hydrogen-bond donors (Lipinski definition) is 2. The zero-order valence-corrected chi connectivity index (χ0v) is 13.0. The molecule has 1 amide bonds. The summed E-state index contributed by atoms with van der Waals surface area (Å²) in [5.74, 6) is 1.39. The van der Waals surface area contributed by atoms with E-state index in [9.17, 15) is 4.79 Å². The molecule has 1 rings (SSSR count). The fraction of sp³-hybridized carbons (Fsp3) is 0.312. The maximum Gasteiger partial charge on any atom is 0.244 e. The monoisotopic (exact) mass is 307 g/mol. The number of nitrogens with one attached hydrogen (secondary N) is 1. The number of carbonyl (C=O) groups excluding carboxylic acids is 1. The van der Waals surface area contributed by atoms with E-state index in [2.05, 4.69) is 5.32 Å². The Balaban J connectivity index is 2.83. The Bertz CT molecular complexity index is 526. The molecule has 0 saturated heterocycles. The highest BCUT2D eigenvalue weighted by Gasteiger charge is 2.11. The van der Waals surface area contributed by atoms with E-state index in [4.69, 9.17) is 19.3 Å². The van der Waals surface area contributed by atoms with E-state index in [-0.39, 0.29) is 19.1 Å². The lowest BCUT2D eigenvalue weighted by Crippen LogP contribution is -2.24. The lowest BCUT2D eigenvalue weighted by atomic mass is 10.1. The average molecular weight is 307 g/mol. The smallest absolute Gasteiger partial charge is 0.244 e. The molecule has 1 aromatic carbocycles. The van der Waals surface area contributed by atoms with Crippen molar-refractivity contribution in [2.24, 2.45) is 0 Å². The van der Waals surface area contributed by atoms with Crippen LogP contribution in [0.15, 0.2) is 30.4 Å². The number of benzene rings is 1. The molecule has 120 valence electrons. The van der Waals surface area contributed by atoms with Gasteiger partial charge in [0.25, 0.3) is 0 Å². The quantitative estimate of drug-likeness (QED) is 0.560. The van der Waals surface area contributed by atoms with Crippen molar-refractivity contribution in [1.82, 2.24) is 5.32 Å². The van der Waals surface area contributed by atoms with Crippen LogP contribution < -0.4 is 19.5 Å². The van der Waals surface area contributed by atoms with Gasteiger partial charge >= 0.3 is 0 Å². The Morgan fingerprint density at radius 2 is 1.77 bits per heavy atom. The summed E-state index contributed by atoms with van der Waals surface area (Å²) >= 11 is 0. The van der Waals surface area contributed by atoms with E-state index in [1.54, 1.807) is 51.7 Å². The first kappa shape index (κ1) is 17.6. The SMILES string of the molecule is COc1cc(/C=C/C=C/C(=O)NCCO)cc(OC)c1OC. The van der Waals surface area contributed by atoms with Gasteiger partial charge in [0.05, 0.1) is 27.9 Å². The number of aliphatic hydroxyl groups excluding tert-OH is 1. The summed E-state index contributed by atoms with van der Waals surface area (Å²) in [7, 11) is 4.65. The lowest BCUT2D eigenvalue weighted by molar-refractivity contribution is -0.116. The Morgan fingerprint density at radius 1 is 1.14 bits per heavy atom. The van der Waals surface area contributed by atoms with E-state index in [0.717, 1.165) is 5.56 Å². The van der Waals surface area contributed by atoms with E-state index in [1.165, 1.54) is 6.08 Å². The summed E-state index contributed by atoms with van der Waals surface area (Å²) in [6, 6.07) is 3.61. The predicted molar refractivity (Wildman–Crippen MR) is 84.4 cm³/mol. The molecule has 0 heterocycles. The molecular formula is C16H21NO5. The first-order chi connectivity index (χ1) is 10.7. The van der Waals surface area contributed by atoms with Crippen LogP contribution >= 0.6 is 0 Å². The molecule has 2 N–H and O–H groups in total. The van der Waals surface area contributed by atoms with Crippen LogP contribution in [-0.2, 0) is 4.79 Å². The molecule has 22 heavy (non-hydrogen) atoms. The summed E-state index contributed by atoms with van der Waals surface area (Å²) in [4.78, 5) is 11.3. The molecule has 0 fully saturated rings. The van der Waals surface area contributed by atoms with Gasteiger partial charge in [0.1, 0.15) is 0 Å². The van der Waals surface area contributed by atoms with Crippen LogP contribution in [0, 0.1) is 0 Å². The second-order valence-electron chi connectivity index (χ2n) is 4.19. The van der Waals surface area contributed by atoms with Gasteiger partial charge in [-0.1, -0.05) is 18.2 Å². The minimum absolute atomic E-state index is 0.0825. The second-order valence-corrected chi connectivity index (χ2v) is 4.19. The largest absolute Gasteiger partial charge is 0.493 e. The van der Waals surface area contributed by atoms with E-state index < -0.39 is 0 Å². The van der Waals surface area contributed by atoms with Crippen LogP contribution in [0.3, 0.4) is 0 Å². The van der Waals surface area contributed by atoms with Crippen molar-refractivity contribution in [1.29, 1.82) is 0 Å². The third kappa shape index (κ3) is 5.14. The summed E-state index contributed by atoms with van der Waals surface area (Å²) in [5.41, 5.74) is 0.843. The highest BCUT2D eigenvalue weighted by Crippen LogP contribution is 2.38. The van der Waals surface area contributed by atoms with Crippen LogP contribution in [0.5, 0.6) is 17.2 Å². The second kappa shape index (κ2) is 9.46. The fourth-order valence-electron chi connectivity index (χ4n) is 1.75. The summed E-state index contributed by atoms with van der Waals surface area (Å²) in [6.07, 6.45) is 6.51. The van der Waals surface area contributed by atoms with Crippen LogP contribution in [0.2, 0.25) is 0 Å². The molecule has 0 aliphatic rings.